The third-order valence-corrected chi connectivity index (χ3v) is 35.2. The third-order valence-electron chi connectivity index (χ3n) is 24.1. The van der Waals surface area contributed by atoms with Gasteiger partial charge in [-0.3, -0.25) is 56.1 Å². The van der Waals surface area contributed by atoms with Gasteiger partial charge in [-0.05, 0) is 34.1 Å². The molecule has 7 unspecified atom stereocenters. The number of hydrogen-bond acceptors (Lipinski definition) is 57. The number of nitrogens with zero attached hydrogens (tertiary/aromatic N) is 18. The molecule has 28 atom stereocenters. The highest BCUT2D eigenvalue weighted by atomic mass is 32.7. The van der Waals surface area contributed by atoms with Crippen molar-refractivity contribution in [1.82, 2.24) is 96.8 Å². The molecule has 0 aliphatic carbocycles. The number of fused-ring (bicyclic) bond motifs is 3. The molecule has 0 bridgehead atoms. The largest absolute Gasteiger partial charge is 0.780 e. The standard InChI is InChI=1S/C72H96N25O34P7S7/c1-7-35-36(8-49(118-35)91-15-31(2)59(73)87-69(91)100)126-133(105,140)112-22-46-40(12-53(122-46)95-28-84-56-61(75)78-25-81-64(56)95)130-137(109,144)116-24-48-42(14-55(124-48)97-30-86-58-63(77)80-27-83-66(58)97)131-138(110,145)117-23-47-41(13-54(123-47)96-29-85-57-62(76)79-26-82-65(57)96)129-136(108,143)115-21-45-39(11-52(121-45)94-18-34(5)68(99)90-72(94)103)128-135(107,142)114-20-44-38(10-50(120-44)92-16-32(3)60(74)88-70(92)101)127-134(106,141)113-19-43-37(125-132(104,139)111-6)9-51(119-43)93-17-33(4)67(98)89-71(93)102/h15-18,25-30,35-55H,7-14,19-24H2,1-6H3,(H,104,139)(H,105,140)(H,106,141)(H,107,142)(H,108,143)(H,109,144)(H,110,145)(H2,73,87,100)(H2,74,88,101)(H2,75,78,81)(H2,76,79,82)(H2,77,80,83)(H,89,98,102)(H,90,99,103)/p-7/t35-,36-,37-,38-,39-,40-,41-,42-,43-,44-,45-,46-,47-,48-,49-,50-,51-,52-,53-,54-,55-,132?,133?,134?,135?,136?,137?,138?/m1/s1. The van der Waals surface area contributed by atoms with Gasteiger partial charge in [0, 0.05) is 99.1 Å². The third kappa shape index (κ3) is 25.4. The molecule has 7 saturated heterocycles. The summed E-state index contributed by atoms with van der Waals surface area (Å²) in [5.41, 5.74) is 27.3. The quantitative estimate of drug-likeness (QED) is 0.0166. The number of nitrogens with one attached hydrogen (secondary N) is 2. The van der Waals surface area contributed by atoms with Crippen molar-refractivity contribution in [2.45, 2.75) is 215 Å². The molecule has 10 aromatic heterocycles. The van der Waals surface area contributed by atoms with E-state index in [-0.39, 0.29) is 106 Å². The zero-order chi connectivity index (χ0) is 104. The van der Waals surface area contributed by atoms with Crippen LogP contribution in [0.3, 0.4) is 0 Å². The van der Waals surface area contributed by atoms with Gasteiger partial charge in [0.1, 0.15) is 168 Å². The molecule has 0 aromatic carbocycles. The molecule has 17 rings (SSSR count). The van der Waals surface area contributed by atoms with Crippen molar-refractivity contribution < 1.29 is 130 Å². The minimum atomic E-state index is -5.01. The summed E-state index contributed by atoms with van der Waals surface area (Å²) in [6.07, 6.45) is -16.7. The summed E-state index contributed by atoms with van der Waals surface area (Å²) < 4.78 is 150. The van der Waals surface area contributed by atoms with Crippen LogP contribution in [-0.4, -0.2) is 229 Å². The molecule has 7 aliphatic rings. The topological polar surface area (TPSA) is 790 Å². The van der Waals surface area contributed by atoms with E-state index in [0.29, 0.717) is 17.5 Å². The van der Waals surface area contributed by atoms with Crippen molar-refractivity contribution in [2.24, 2.45) is 0 Å². The summed E-state index contributed by atoms with van der Waals surface area (Å²) in [6.45, 7) is -30.6. The van der Waals surface area contributed by atoms with Crippen molar-refractivity contribution in [3.8, 4) is 0 Å². The maximum atomic E-state index is 15.1. The van der Waals surface area contributed by atoms with E-state index < -0.39 is 263 Å². The molecule has 73 heteroatoms. The summed E-state index contributed by atoms with van der Waals surface area (Å²) in [5.74, 6) is -0.138. The Morgan fingerprint density at radius 3 is 0.897 bits per heavy atom. The van der Waals surface area contributed by atoms with Crippen LogP contribution in [0.15, 0.2) is 91.5 Å². The Bertz CT molecular complexity index is 7320. The number of ether oxygens (including phenoxy) is 7. The van der Waals surface area contributed by atoms with E-state index in [1.54, 1.807) is 13.8 Å². The molecular formula is C72H89N25O34P7S7-7. The average molecular weight is 2290 g/mol. The lowest BCUT2D eigenvalue weighted by atomic mass is 10.1. The Hall–Kier alpha value is -6.83. The second-order valence-corrected chi connectivity index (χ2v) is 52.8. The fourth-order valence-corrected chi connectivity index (χ4v) is 26.6. The lowest BCUT2D eigenvalue weighted by molar-refractivity contribution is -0.222. The molecule has 7 aliphatic heterocycles. The van der Waals surface area contributed by atoms with Crippen LogP contribution in [0, 0.1) is 27.7 Å². The van der Waals surface area contributed by atoms with Crippen LogP contribution >= 0.6 is 47.1 Å². The number of H-pyrrole nitrogens is 2. The van der Waals surface area contributed by atoms with Gasteiger partial charge in [0.25, 0.3) is 11.1 Å². The number of anilines is 5. The SMILES string of the molecule is CC[C@H]1O[C@@H](n2cc(C)c(N)nc2=O)C[C@H]1OP([O-])(=S)OC[C@H]1O[C@@H](n2cnc3c(N)ncnc32)C[C@H]1OP([O-])(=S)OC[C@H]1O[C@@H](n2cnc3c(N)ncnc32)C[C@H]1OP([O-])(=S)OC[C@H]1O[C@@H](n2cnc3c(N)ncnc32)C[C@H]1OP([O-])(=S)OC[C@H]1O[C@@H](n2cc(C)c(=O)[nH]c2=O)C[C@H]1OP(=O)([S-])OC[C@H]1O[C@@H](n2cc(C)c(N)nc2=O)C[C@H]1OP([O-])(=S)OC[C@H]1O[C@@H](n2cc(C)c(=O)[nH]c2=O)C[C@H]1OP([O-])(=S)OC. The molecule has 0 saturated carbocycles. The first kappa shape index (κ1) is 109. The van der Waals surface area contributed by atoms with Crippen LogP contribution in [0.2, 0.25) is 0 Å². The van der Waals surface area contributed by atoms with E-state index in [2.05, 4.69) is 64.8 Å². The van der Waals surface area contributed by atoms with Gasteiger partial charge in [0.15, 0.2) is 41.2 Å². The van der Waals surface area contributed by atoms with E-state index in [0.717, 1.165) is 39.7 Å². The lowest BCUT2D eigenvalue weighted by Crippen LogP contribution is -2.34. The van der Waals surface area contributed by atoms with Gasteiger partial charge < -0.3 is 167 Å². The zero-order valence-electron chi connectivity index (χ0n) is 76.1. The van der Waals surface area contributed by atoms with Crippen LogP contribution in [0.5, 0.6) is 0 Å². The predicted molar refractivity (Wildman–Crippen MR) is 514 cm³/mol. The Balaban J connectivity index is 0.584. The fraction of sp³-hybridized carbons (Fsp3) is 0.569. The van der Waals surface area contributed by atoms with E-state index in [9.17, 15) is 52.9 Å². The highest BCUT2D eigenvalue weighted by molar-refractivity contribution is 8.32. The maximum Gasteiger partial charge on any atom is 0.351 e. The number of imidazole rings is 3. The Kier molecular flexibility index (Phi) is 33.3. The van der Waals surface area contributed by atoms with Crippen molar-refractivity contribution in [2.75, 3.05) is 75.4 Å². The van der Waals surface area contributed by atoms with Crippen molar-refractivity contribution >= 4 is 193 Å². The van der Waals surface area contributed by atoms with Crippen LogP contribution in [0.1, 0.15) is 124 Å². The highest BCUT2D eigenvalue weighted by Crippen LogP contribution is 2.57. The van der Waals surface area contributed by atoms with Gasteiger partial charge in [0.05, 0.1) is 107 Å². The predicted octanol–water partition coefficient (Wildman–Crippen LogP) is -1.71. The Morgan fingerprint density at radius 2 is 0.607 bits per heavy atom. The average Bonchev–Trinajstić information content (AvgIpc) is 1.63. The highest BCUT2D eigenvalue weighted by Gasteiger charge is 2.50. The number of hydrogen-bond donors (Lipinski definition) is 7. The molecule has 12 N–H and O–H groups in total. The smallest absolute Gasteiger partial charge is 0.351 e. The minimum absolute atomic E-state index is 0.0150. The van der Waals surface area contributed by atoms with Gasteiger partial charge in [-0.1, -0.05) is 77.8 Å². The van der Waals surface area contributed by atoms with Crippen LogP contribution in [0.25, 0.3) is 33.5 Å². The molecule has 0 spiro atoms. The monoisotopic (exact) mass is 2290 g/mol. The first-order valence-corrected chi connectivity index (χ1v) is 61.4. The van der Waals surface area contributed by atoms with Crippen LogP contribution < -0.4 is 91.9 Å². The second-order valence-electron chi connectivity index (χ2n) is 33.8. The van der Waals surface area contributed by atoms with E-state index >= 15 is 9.79 Å². The van der Waals surface area contributed by atoms with Crippen LogP contribution in [-0.2, 0) is 184 Å². The van der Waals surface area contributed by atoms with E-state index in [1.165, 1.54) is 82.9 Å². The van der Waals surface area contributed by atoms with Crippen molar-refractivity contribution in [1.29, 1.82) is 0 Å². The summed E-state index contributed by atoms with van der Waals surface area (Å²) in [6, 6.07) is 0. The number of aryl methyl sites for hydroxylation is 4. The summed E-state index contributed by atoms with van der Waals surface area (Å²) in [4.78, 5) is 215. The van der Waals surface area contributed by atoms with Gasteiger partial charge in [-0.25, -0.2) is 64.0 Å². The number of nitrogens with two attached hydrogens (primary N) is 5. The summed E-state index contributed by atoms with van der Waals surface area (Å²) in [7, 11) is 1.02. The number of rotatable bonds is 41. The molecular weight excluding hydrogens is 2200 g/mol. The first-order valence-electron chi connectivity index (χ1n) is 43.5. The maximum absolute atomic E-state index is 15.1. The van der Waals surface area contributed by atoms with Gasteiger partial charge in [-0.2, -0.15) is 9.97 Å². The number of aromatic amines is 2. The number of nitrogen functional groups attached to an aromatic ring is 5. The molecule has 0 radical (unpaired) electrons. The molecule has 7 fully saturated rings. The number of aromatic nitrogens is 20. The van der Waals surface area contributed by atoms with Crippen molar-refractivity contribution in [3.63, 3.8) is 0 Å². The van der Waals surface area contributed by atoms with Gasteiger partial charge in [-0.15, -0.1) is 0 Å². The van der Waals surface area contributed by atoms with Gasteiger partial charge >= 0.3 is 22.8 Å². The van der Waals surface area contributed by atoms with Crippen LogP contribution in [0.4, 0.5) is 29.1 Å². The Morgan fingerprint density at radius 1 is 0.359 bits per heavy atom. The minimum Gasteiger partial charge on any atom is -0.780 e. The van der Waals surface area contributed by atoms with Gasteiger partial charge in [0.2, 0.25) is 0 Å². The molecule has 17 heterocycles. The second kappa shape index (κ2) is 44.1. The fourth-order valence-electron chi connectivity index (χ4n) is 16.9. The first-order chi connectivity index (χ1) is 68.4. The zero-order valence-corrected chi connectivity index (χ0v) is 88.1. The summed E-state index contributed by atoms with van der Waals surface area (Å²) >= 11 is 38.2. The molecule has 145 heavy (non-hydrogen) atoms. The molecule has 790 valence electrons. The molecule has 0 amide bonds. The Labute approximate surface area is 852 Å². The normalized spacial score (nSPS) is 29.6. The summed E-state index contributed by atoms with van der Waals surface area (Å²) in [5, 5.41) is 0. The van der Waals surface area contributed by atoms with E-state index in [4.69, 9.17) is 208 Å². The lowest BCUT2D eigenvalue weighted by Gasteiger charge is -2.36. The molecule has 10 aromatic rings. The van der Waals surface area contributed by atoms with Crippen molar-refractivity contribution in [3.05, 3.63) is 148 Å². The van der Waals surface area contributed by atoms with E-state index in [1.807, 2.05) is 0 Å². The molecule has 59 nitrogen and oxygen atoms in total.